The Morgan fingerprint density at radius 3 is 1.84 bits per heavy atom. The lowest BCUT2D eigenvalue weighted by Crippen LogP contribution is -2.43. The molecule has 0 aromatic heterocycles. The monoisotopic (exact) mass is 316 g/mol. The fourth-order valence-electron chi connectivity index (χ4n) is 0.300. The Morgan fingerprint density at radius 2 is 1.53 bits per heavy atom. The third kappa shape index (κ3) is 62.9. The Morgan fingerprint density at radius 1 is 1.11 bits per heavy atom. The van der Waals surface area contributed by atoms with Gasteiger partial charge in [-0.3, -0.25) is 5.43 Å². The first-order chi connectivity index (χ1) is 9.31. The maximum absolute atomic E-state index is 11.2. The van der Waals surface area contributed by atoms with Crippen molar-refractivity contribution in [1.82, 2.24) is 16.3 Å². The summed E-state index contributed by atoms with van der Waals surface area (Å²) in [7, 11) is 1.45. The van der Waals surface area contributed by atoms with E-state index in [1.807, 2.05) is 5.43 Å². The van der Waals surface area contributed by atoms with E-state index in [4.69, 9.17) is 36.6 Å². The molecule has 0 aromatic rings. The number of carbonyl (C=O) groups is 1. The molecule has 0 saturated heterocycles. The van der Waals surface area contributed by atoms with Gasteiger partial charge in [0, 0.05) is 43.7 Å². The fraction of sp³-hybridized carbons (Fsp3) is 0.500. The van der Waals surface area contributed by atoms with Crippen molar-refractivity contribution in [1.29, 1.82) is 0 Å². The van der Waals surface area contributed by atoms with Gasteiger partial charge in [0.1, 0.15) is 6.73 Å². The van der Waals surface area contributed by atoms with Gasteiger partial charge in [0.05, 0.1) is 0 Å². The molecule has 0 unspecified atom stereocenters. The highest BCUT2D eigenvalue weighted by Gasteiger charge is 1.93. The largest absolute Gasteiger partial charge is 0.368 e. The van der Waals surface area contributed by atoms with Gasteiger partial charge in [-0.05, 0) is 0 Å². The number of urea groups is 1. The minimum absolute atomic E-state index is 0.0318. The summed E-state index contributed by atoms with van der Waals surface area (Å²) in [5.41, 5.74) is 6.29. The average Bonchev–Trinajstić information content (AvgIpc) is 2.53. The Balaban J connectivity index is -0.0000000693. The van der Waals surface area contributed by atoms with Crippen LogP contribution in [0.15, 0.2) is 5.10 Å². The van der Waals surface area contributed by atoms with Gasteiger partial charge in [-0.2, -0.15) is 4.39 Å². The Hall–Kier alpha value is -1.77. The highest BCUT2D eigenvalue weighted by Crippen LogP contribution is 1.62. The highest BCUT2D eigenvalue weighted by atomic mass is 20.0. The molecule has 0 aliphatic rings. The molecular weight excluding hydrogens is 307 g/mol. The average molecular weight is 316 g/mol. The van der Waals surface area contributed by atoms with Crippen molar-refractivity contribution in [3.63, 3.8) is 0 Å². The third-order valence-electron chi connectivity index (χ3n) is 0.633. The Labute approximate surface area is 99.5 Å². The molecule has 19 heavy (non-hydrogen) atoms. The maximum atomic E-state index is 11.2. The number of nitrogens with zero attached hydrogens (tertiary/aromatic N) is 1. The first-order valence-corrected chi connectivity index (χ1v) is 3.28. The van der Waals surface area contributed by atoms with Crippen molar-refractivity contribution < 1.29 is 50.5 Å². The van der Waals surface area contributed by atoms with Gasteiger partial charge in [0.25, 0.3) is 0 Å². The van der Waals surface area contributed by atoms with Gasteiger partial charge in [-0.15, -0.1) is 5.10 Å². The number of hydrazone groups is 1. The molecule has 0 fully saturated rings. The third-order valence-corrected chi connectivity index (χ3v) is 0.633. The number of hydrogen-bond donors (Lipinski definition) is 3. The smallest absolute Gasteiger partial charge is 0.349 e. The Bertz CT molecular complexity index is 154. The molecule has 120 valence electrons. The molecule has 0 spiro atoms. The minimum Gasteiger partial charge on any atom is -0.368 e. The van der Waals surface area contributed by atoms with Gasteiger partial charge < -0.3 is 4.74 Å². The van der Waals surface area contributed by atoms with Crippen LogP contribution in [0.4, 0.5) is 45.8 Å². The van der Waals surface area contributed by atoms with Crippen LogP contribution >= 0.6 is 0 Å². The number of ether oxygens (including phenoxy) is 1. The van der Waals surface area contributed by atoms with Crippen molar-refractivity contribution in [2.75, 3.05) is 13.8 Å². The molecule has 0 rings (SSSR count). The molecule has 0 aliphatic heterocycles. The van der Waals surface area contributed by atoms with Crippen LogP contribution in [0.25, 0.3) is 0 Å². The SMILES string of the molecule is COCNNC(=O)NN=CF.FF.FF.FF.FF. The molecule has 0 saturated carbocycles. The van der Waals surface area contributed by atoms with Crippen molar-refractivity contribution in [2.24, 2.45) is 5.10 Å². The number of halogens is 9. The molecule has 0 radical (unpaired) electrons. The molecule has 0 aromatic carbocycles. The van der Waals surface area contributed by atoms with E-state index in [-0.39, 0.29) is 13.2 Å². The zero-order valence-electron chi connectivity index (χ0n) is 8.95. The van der Waals surface area contributed by atoms with Crippen molar-refractivity contribution in [2.45, 2.75) is 0 Å². The summed E-state index contributed by atoms with van der Waals surface area (Å²) in [5, 5.41) is 2.82. The summed E-state index contributed by atoms with van der Waals surface area (Å²) >= 11 is 0. The molecular formula is C4H9F9N4O2. The normalized spacial score (nSPS) is 7.05. The summed E-state index contributed by atoms with van der Waals surface area (Å²) in [6.07, 6.45) is 0. The Kier molecular flexibility index (Phi) is 88.8. The summed E-state index contributed by atoms with van der Waals surface area (Å²) in [4.78, 5) is 10.5. The first-order valence-electron chi connectivity index (χ1n) is 3.28. The molecule has 2 amide bonds. The zero-order valence-corrected chi connectivity index (χ0v) is 8.95. The van der Waals surface area contributed by atoms with Crippen molar-refractivity contribution in [3.05, 3.63) is 0 Å². The van der Waals surface area contributed by atoms with Crippen LogP contribution in [0.5, 0.6) is 0 Å². The number of methoxy groups -OCH3 is 1. The van der Waals surface area contributed by atoms with Gasteiger partial charge in [0.2, 0.25) is 0 Å². The first kappa shape index (κ1) is 30.3. The second-order valence-corrected chi connectivity index (χ2v) is 1.40. The lowest BCUT2D eigenvalue weighted by molar-refractivity contribution is 0.108. The number of rotatable bonds is 4. The van der Waals surface area contributed by atoms with E-state index < -0.39 is 6.03 Å². The molecule has 0 aliphatic carbocycles. The van der Waals surface area contributed by atoms with Gasteiger partial charge in [-0.1, -0.05) is 0 Å². The topological polar surface area (TPSA) is 74.8 Å². The van der Waals surface area contributed by atoms with Crippen LogP contribution in [-0.2, 0) is 4.74 Å². The van der Waals surface area contributed by atoms with E-state index in [1.165, 1.54) is 7.11 Å². The molecule has 0 bridgehead atoms. The number of carbonyl (C=O) groups excluding carboxylic acids is 1. The quantitative estimate of drug-likeness (QED) is 0.245. The van der Waals surface area contributed by atoms with E-state index in [0.29, 0.717) is 0 Å². The number of hydrogen-bond acceptors (Lipinski definition) is 4. The van der Waals surface area contributed by atoms with Crippen LogP contribution in [0.1, 0.15) is 0 Å². The predicted molar refractivity (Wildman–Crippen MR) is 45.1 cm³/mol. The molecule has 3 N–H and O–H groups in total. The standard InChI is InChI=1S/C4H9FN4O2.4F2/c1-11-3-7-9-4(10)8-6-2-5;4*1-2/h2,7H,3H2,1H3,(H2,8,9,10);;;;. The zero-order chi connectivity index (χ0) is 16.5. The van der Waals surface area contributed by atoms with E-state index in [1.54, 1.807) is 0 Å². The van der Waals surface area contributed by atoms with Crippen LogP contribution in [0.3, 0.4) is 0 Å². The number of hydrazine groups is 1. The van der Waals surface area contributed by atoms with Gasteiger partial charge in [0.15, 0.2) is 6.47 Å². The maximum Gasteiger partial charge on any atom is 0.349 e. The molecule has 6 nitrogen and oxygen atoms in total. The summed E-state index contributed by atoms with van der Waals surface area (Å²) in [6.45, 7) is 0.128. The van der Waals surface area contributed by atoms with Gasteiger partial charge >= 0.3 is 6.03 Å². The molecule has 0 atom stereocenters. The lowest BCUT2D eigenvalue weighted by atomic mass is 11.1. The highest BCUT2D eigenvalue weighted by molar-refractivity contribution is 5.73. The van der Waals surface area contributed by atoms with Gasteiger partial charge in [-0.25, -0.2) is 15.6 Å². The minimum atomic E-state index is -0.670. The van der Waals surface area contributed by atoms with Crippen LogP contribution in [0, 0.1) is 0 Å². The lowest BCUT2D eigenvalue weighted by Gasteiger charge is -2.03. The van der Waals surface area contributed by atoms with Crippen LogP contribution < -0.4 is 16.3 Å². The fourth-order valence-corrected chi connectivity index (χ4v) is 0.300. The predicted octanol–water partition coefficient (Wildman–Crippen LogP) is 2.67. The number of amides is 2. The summed E-state index contributed by atoms with van der Waals surface area (Å²) < 4.78 is 79.7. The second kappa shape index (κ2) is 55.6. The van der Waals surface area contributed by atoms with Crippen molar-refractivity contribution in [3.8, 4) is 0 Å². The van der Waals surface area contributed by atoms with E-state index in [2.05, 4.69) is 20.7 Å². The molecule has 15 heteroatoms. The summed E-state index contributed by atoms with van der Waals surface area (Å²) in [5.74, 6) is 0. The van der Waals surface area contributed by atoms with E-state index >= 15 is 0 Å². The second-order valence-electron chi connectivity index (χ2n) is 1.40. The molecule has 0 heterocycles. The van der Waals surface area contributed by atoms with Crippen LogP contribution in [0.2, 0.25) is 0 Å². The van der Waals surface area contributed by atoms with Crippen LogP contribution in [-0.4, -0.2) is 26.3 Å². The van der Waals surface area contributed by atoms with Crippen molar-refractivity contribution >= 4 is 12.5 Å². The van der Waals surface area contributed by atoms with E-state index in [9.17, 15) is 9.18 Å². The number of nitrogens with one attached hydrogen (secondary N) is 3. The van der Waals surface area contributed by atoms with E-state index in [0.717, 1.165) is 0 Å². The summed E-state index contributed by atoms with van der Waals surface area (Å²) in [6, 6.07) is -0.670.